The fourth-order valence-corrected chi connectivity index (χ4v) is 3.49. The first-order valence-corrected chi connectivity index (χ1v) is 9.37. The van der Waals surface area contributed by atoms with Gasteiger partial charge in [-0.1, -0.05) is 35.5 Å². The van der Waals surface area contributed by atoms with Gasteiger partial charge in [-0.3, -0.25) is 4.79 Å². The second-order valence-corrected chi connectivity index (χ2v) is 7.08. The molecule has 0 saturated carbocycles. The highest BCUT2D eigenvalue weighted by molar-refractivity contribution is 7.99. The second kappa shape index (κ2) is 7.32. The summed E-state index contributed by atoms with van der Waals surface area (Å²) in [7, 11) is 1.90. The van der Waals surface area contributed by atoms with Crippen molar-refractivity contribution in [2.75, 3.05) is 17.9 Å². The summed E-state index contributed by atoms with van der Waals surface area (Å²) in [6.45, 7) is 2.24. The number of carbonyl (C=O) groups excluding carboxylic acids is 1. The first kappa shape index (κ1) is 17.4. The summed E-state index contributed by atoms with van der Waals surface area (Å²) in [5.74, 6) is 2.20. The van der Waals surface area contributed by atoms with Gasteiger partial charge in [0.25, 0.3) is 0 Å². The van der Waals surface area contributed by atoms with Gasteiger partial charge in [0.1, 0.15) is 0 Å². The Morgan fingerprint density at radius 2 is 2.04 bits per heavy atom. The molecule has 1 aromatic heterocycles. The van der Waals surface area contributed by atoms with E-state index < -0.39 is 0 Å². The predicted molar refractivity (Wildman–Crippen MR) is 103 cm³/mol. The number of thioether (sulfide) groups is 1. The molecule has 0 unspecified atom stereocenters. The maximum atomic E-state index is 12.3. The quantitative estimate of drug-likeness (QED) is 0.683. The van der Waals surface area contributed by atoms with Crippen LogP contribution in [0, 0.1) is 6.92 Å². The molecule has 1 aliphatic heterocycles. The Labute approximate surface area is 160 Å². The number of benzene rings is 2. The molecule has 0 saturated heterocycles. The van der Waals surface area contributed by atoms with Crippen molar-refractivity contribution in [3.8, 4) is 22.9 Å². The number of aromatic nitrogens is 3. The third-order valence-electron chi connectivity index (χ3n) is 4.10. The molecule has 0 spiro atoms. The number of aryl methyl sites for hydroxylation is 1. The fraction of sp³-hybridized carbons (Fsp3) is 0.211. The van der Waals surface area contributed by atoms with Gasteiger partial charge in [-0.2, -0.15) is 0 Å². The highest BCUT2D eigenvalue weighted by Crippen LogP contribution is 2.34. The number of nitrogens with zero attached hydrogens (tertiary/aromatic N) is 3. The van der Waals surface area contributed by atoms with E-state index >= 15 is 0 Å². The highest BCUT2D eigenvalue weighted by Gasteiger charge is 2.16. The predicted octanol–water partition coefficient (Wildman–Crippen LogP) is 3.25. The lowest BCUT2D eigenvalue weighted by Gasteiger charge is -2.07. The van der Waals surface area contributed by atoms with Gasteiger partial charge in [-0.15, -0.1) is 10.2 Å². The molecule has 0 bridgehead atoms. The number of hydrogen-bond donors (Lipinski definition) is 1. The van der Waals surface area contributed by atoms with E-state index in [1.54, 1.807) is 18.2 Å². The molecule has 27 heavy (non-hydrogen) atoms. The molecule has 138 valence electrons. The first-order valence-electron chi connectivity index (χ1n) is 8.39. The Hall–Kier alpha value is -3.00. The minimum absolute atomic E-state index is 0.126. The number of fused-ring (bicyclic) bond motifs is 1. The molecular weight excluding hydrogens is 364 g/mol. The maximum absolute atomic E-state index is 12.3. The molecular formula is C19H18N4O3S. The molecule has 1 aliphatic rings. The summed E-state index contributed by atoms with van der Waals surface area (Å²) in [4.78, 5) is 12.3. The van der Waals surface area contributed by atoms with Crippen LogP contribution in [0.3, 0.4) is 0 Å². The lowest BCUT2D eigenvalue weighted by atomic mass is 10.1. The number of carbonyl (C=O) groups is 1. The van der Waals surface area contributed by atoms with Gasteiger partial charge in [-0.25, -0.2) is 0 Å². The molecule has 4 rings (SSSR count). The smallest absolute Gasteiger partial charge is 0.234 e. The number of ether oxygens (including phenoxy) is 2. The van der Waals surface area contributed by atoms with Gasteiger partial charge in [0.2, 0.25) is 12.7 Å². The highest BCUT2D eigenvalue weighted by atomic mass is 32.2. The zero-order valence-corrected chi connectivity index (χ0v) is 15.7. The molecule has 1 amide bonds. The van der Waals surface area contributed by atoms with E-state index in [-0.39, 0.29) is 18.5 Å². The van der Waals surface area contributed by atoms with Gasteiger partial charge in [0.05, 0.1) is 5.75 Å². The Bertz CT molecular complexity index is 1000. The van der Waals surface area contributed by atoms with E-state index in [2.05, 4.69) is 21.6 Å². The van der Waals surface area contributed by atoms with Crippen LogP contribution in [-0.4, -0.2) is 33.2 Å². The van der Waals surface area contributed by atoms with E-state index in [1.807, 2.05) is 36.7 Å². The number of nitrogens with one attached hydrogen (secondary N) is 1. The fourth-order valence-electron chi connectivity index (χ4n) is 2.78. The molecule has 0 aliphatic carbocycles. The Balaban J connectivity index is 1.39. The molecule has 3 aromatic rings. The monoisotopic (exact) mass is 382 g/mol. The zero-order valence-electron chi connectivity index (χ0n) is 14.9. The Kier molecular flexibility index (Phi) is 4.72. The van der Waals surface area contributed by atoms with E-state index in [0.29, 0.717) is 22.3 Å². The van der Waals surface area contributed by atoms with Crippen molar-refractivity contribution in [1.82, 2.24) is 14.8 Å². The van der Waals surface area contributed by atoms with Crippen LogP contribution < -0.4 is 14.8 Å². The van der Waals surface area contributed by atoms with Crippen molar-refractivity contribution in [2.24, 2.45) is 7.05 Å². The van der Waals surface area contributed by atoms with Crippen LogP contribution in [0.4, 0.5) is 5.69 Å². The number of amides is 1. The Morgan fingerprint density at radius 3 is 2.89 bits per heavy atom. The first-order chi connectivity index (χ1) is 13.1. The van der Waals surface area contributed by atoms with Crippen LogP contribution in [0.2, 0.25) is 0 Å². The summed E-state index contributed by atoms with van der Waals surface area (Å²) in [5, 5.41) is 12.0. The summed E-state index contributed by atoms with van der Waals surface area (Å²) in [6.07, 6.45) is 0. The van der Waals surface area contributed by atoms with Crippen LogP contribution in [0.1, 0.15) is 5.56 Å². The van der Waals surface area contributed by atoms with Crippen LogP contribution >= 0.6 is 11.8 Å². The van der Waals surface area contributed by atoms with Crippen LogP contribution in [0.15, 0.2) is 47.6 Å². The molecule has 7 nitrogen and oxygen atoms in total. The molecule has 1 N–H and O–H groups in total. The third kappa shape index (κ3) is 3.75. The summed E-state index contributed by atoms with van der Waals surface area (Å²) in [5.41, 5.74) is 2.83. The van der Waals surface area contributed by atoms with Gasteiger partial charge < -0.3 is 19.4 Å². The van der Waals surface area contributed by atoms with Crippen LogP contribution in [-0.2, 0) is 11.8 Å². The number of hydrogen-bond acceptors (Lipinski definition) is 6. The standard InChI is InChI=1S/C19H18N4O3S/c1-12-4-3-5-13(8-12)18-21-22-19(23(18)2)27-10-17(24)20-14-6-7-15-16(9-14)26-11-25-15/h3-9H,10-11H2,1-2H3,(H,20,24). The van der Waals surface area contributed by atoms with E-state index in [1.165, 1.54) is 11.8 Å². The minimum Gasteiger partial charge on any atom is -0.454 e. The van der Waals surface area contributed by atoms with Gasteiger partial charge in [0.15, 0.2) is 22.5 Å². The molecule has 2 heterocycles. The molecule has 0 fully saturated rings. The summed E-state index contributed by atoms with van der Waals surface area (Å²) in [6, 6.07) is 13.4. The van der Waals surface area contributed by atoms with Crippen LogP contribution in [0.25, 0.3) is 11.4 Å². The largest absolute Gasteiger partial charge is 0.454 e. The third-order valence-corrected chi connectivity index (χ3v) is 5.12. The number of rotatable bonds is 5. The topological polar surface area (TPSA) is 78.3 Å². The van der Waals surface area contributed by atoms with E-state index in [9.17, 15) is 4.79 Å². The maximum Gasteiger partial charge on any atom is 0.234 e. The van der Waals surface area contributed by atoms with Gasteiger partial charge in [0, 0.05) is 24.4 Å². The summed E-state index contributed by atoms with van der Waals surface area (Å²) >= 11 is 1.34. The van der Waals surface area contributed by atoms with E-state index in [0.717, 1.165) is 17.0 Å². The molecule has 8 heteroatoms. The van der Waals surface area contributed by atoms with Crippen molar-refractivity contribution < 1.29 is 14.3 Å². The SMILES string of the molecule is Cc1cccc(-c2nnc(SCC(=O)Nc3ccc4c(c3)OCO4)n2C)c1. The van der Waals surface area contributed by atoms with Gasteiger partial charge >= 0.3 is 0 Å². The molecule has 0 radical (unpaired) electrons. The van der Waals surface area contributed by atoms with Crippen LogP contribution in [0.5, 0.6) is 11.5 Å². The molecule has 2 aromatic carbocycles. The van der Waals surface area contributed by atoms with Crippen molar-refractivity contribution in [3.05, 3.63) is 48.0 Å². The van der Waals surface area contributed by atoms with Crippen molar-refractivity contribution >= 4 is 23.4 Å². The Morgan fingerprint density at radius 1 is 1.19 bits per heavy atom. The minimum atomic E-state index is -0.126. The van der Waals surface area contributed by atoms with Crippen molar-refractivity contribution in [1.29, 1.82) is 0 Å². The normalized spacial score (nSPS) is 12.2. The van der Waals surface area contributed by atoms with Crippen molar-refractivity contribution in [3.63, 3.8) is 0 Å². The lowest BCUT2D eigenvalue weighted by molar-refractivity contribution is -0.113. The molecule has 0 atom stereocenters. The zero-order chi connectivity index (χ0) is 18.8. The summed E-state index contributed by atoms with van der Waals surface area (Å²) < 4.78 is 12.5. The number of anilines is 1. The van der Waals surface area contributed by atoms with Crippen molar-refractivity contribution in [2.45, 2.75) is 12.1 Å². The average molecular weight is 382 g/mol. The average Bonchev–Trinajstić information content (AvgIpc) is 3.26. The lowest BCUT2D eigenvalue weighted by Crippen LogP contribution is -2.14. The van der Waals surface area contributed by atoms with Gasteiger partial charge in [-0.05, 0) is 25.1 Å². The second-order valence-electron chi connectivity index (χ2n) is 6.14. The van der Waals surface area contributed by atoms with E-state index in [4.69, 9.17) is 9.47 Å².